The van der Waals surface area contributed by atoms with E-state index in [1.54, 1.807) is 0 Å². The first-order valence-corrected chi connectivity index (χ1v) is 8.40. The molecule has 0 saturated carbocycles. The van der Waals surface area contributed by atoms with E-state index in [1.807, 2.05) is 11.3 Å². The molecule has 1 atom stereocenters. The van der Waals surface area contributed by atoms with Crippen LogP contribution in [0.2, 0.25) is 0 Å². The molecule has 1 fully saturated rings. The fraction of sp³-hybridized carbons (Fsp3) is 0.750. The topological polar surface area (TPSA) is 15.3 Å². The molecule has 1 aromatic rings. The van der Waals surface area contributed by atoms with E-state index in [4.69, 9.17) is 0 Å². The molecule has 1 saturated heterocycles. The van der Waals surface area contributed by atoms with Gasteiger partial charge in [-0.15, -0.1) is 11.3 Å². The summed E-state index contributed by atoms with van der Waals surface area (Å²) in [5.41, 5.74) is 1.48. The molecular weight excluding hydrogens is 252 g/mol. The maximum atomic E-state index is 3.68. The Labute approximate surface area is 122 Å². The maximum absolute atomic E-state index is 3.68. The van der Waals surface area contributed by atoms with Gasteiger partial charge in [0, 0.05) is 28.9 Å². The van der Waals surface area contributed by atoms with Crippen molar-refractivity contribution in [1.82, 2.24) is 10.2 Å². The Kier molecular flexibility index (Phi) is 5.43. The van der Waals surface area contributed by atoms with E-state index < -0.39 is 0 Å². The van der Waals surface area contributed by atoms with Crippen molar-refractivity contribution in [2.45, 2.75) is 53.1 Å². The van der Waals surface area contributed by atoms with Gasteiger partial charge in [0.1, 0.15) is 0 Å². The van der Waals surface area contributed by atoms with Gasteiger partial charge in [-0.25, -0.2) is 0 Å². The molecule has 0 aliphatic carbocycles. The minimum Gasteiger partial charge on any atom is -0.311 e. The van der Waals surface area contributed by atoms with Gasteiger partial charge in [0.25, 0.3) is 0 Å². The average molecular weight is 280 g/mol. The van der Waals surface area contributed by atoms with Crippen LogP contribution in [0.1, 0.15) is 42.0 Å². The lowest BCUT2D eigenvalue weighted by Crippen LogP contribution is -2.44. The smallest absolute Gasteiger partial charge is 0.0243 e. The Balaban J connectivity index is 1.83. The van der Waals surface area contributed by atoms with E-state index in [0.717, 1.165) is 19.0 Å². The third kappa shape index (κ3) is 4.04. The molecule has 1 aliphatic heterocycles. The highest BCUT2D eigenvalue weighted by atomic mass is 32.1. The first-order valence-electron chi connectivity index (χ1n) is 7.58. The lowest BCUT2D eigenvalue weighted by atomic mass is 10.0. The second-order valence-corrected chi connectivity index (χ2v) is 7.58. The second-order valence-electron chi connectivity index (χ2n) is 6.12. The summed E-state index contributed by atoms with van der Waals surface area (Å²) >= 11 is 1.91. The van der Waals surface area contributed by atoms with Crippen molar-refractivity contribution in [3.63, 3.8) is 0 Å². The van der Waals surface area contributed by atoms with E-state index in [1.165, 1.54) is 41.2 Å². The SMILES string of the molecule is Cc1cc(CNCC(C(C)C)N2CCCC2)c(C)s1. The first-order chi connectivity index (χ1) is 9.08. The molecule has 0 aromatic carbocycles. The van der Waals surface area contributed by atoms with Crippen molar-refractivity contribution in [2.24, 2.45) is 5.92 Å². The minimum absolute atomic E-state index is 0.697. The van der Waals surface area contributed by atoms with Crippen molar-refractivity contribution in [1.29, 1.82) is 0 Å². The molecule has 1 unspecified atom stereocenters. The Morgan fingerprint density at radius 2 is 1.95 bits per heavy atom. The van der Waals surface area contributed by atoms with E-state index in [-0.39, 0.29) is 0 Å². The van der Waals surface area contributed by atoms with Crippen LogP contribution in [-0.2, 0) is 6.54 Å². The lowest BCUT2D eigenvalue weighted by molar-refractivity contribution is 0.186. The summed E-state index contributed by atoms with van der Waals surface area (Å²) in [7, 11) is 0. The van der Waals surface area contributed by atoms with Crippen LogP contribution in [0, 0.1) is 19.8 Å². The molecule has 1 N–H and O–H groups in total. The third-order valence-electron chi connectivity index (χ3n) is 4.19. The molecule has 108 valence electrons. The predicted molar refractivity (Wildman–Crippen MR) is 84.9 cm³/mol. The molecule has 0 bridgehead atoms. The van der Waals surface area contributed by atoms with Crippen molar-refractivity contribution in [3.05, 3.63) is 21.4 Å². The van der Waals surface area contributed by atoms with Crippen LogP contribution in [0.4, 0.5) is 0 Å². The zero-order valence-electron chi connectivity index (χ0n) is 12.8. The zero-order valence-corrected chi connectivity index (χ0v) is 13.6. The van der Waals surface area contributed by atoms with Crippen LogP contribution in [-0.4, -0.2) is 30.6 Å². The second kappa shape index (κ2) is 6.87. The van der Waals surface area contributed by atoms with E-state index in [0.29, 0.717) is 6.04 Å². The summed E-state index contributed by atoms with van der Waals surface area (Å²) in [4.78, 5) is 5.56. The van der Waals surface area contributed by atoms with Crippen LogP contribution >= 0.6 is 11.3 Å². The molecule has 19 heavy (non-hydrogen) atoms. The molecule has 0 spiro atoms. The molecule has 1 aliphatic rings. The molecule has 0 amide bonds. The highest BCUT2D eigenvalue weighted by Crippen LogP contribution is 2.21. The van der Waals surface area contributed by atoms with Crippen molar-refractivity contribution >= 4 is 11.3 Å². The highest BCUT2D eigenvalue weighted by molar-refractivity contribution is 7.12. The van der Waals surface area contributed by atoms with Gasteiger partial charge < -0.3 is 5.32 Å². The Morgan fingerprint density at radius 1 is 1.26 bits per heavy atom. The molecule has 1 aromatic heterocycles. The normalized spacial score (nSPS) is 18.4. The summed E-state index contributed by atoms with van der Waals surface area (Å²) < 4.78 is 0. The number of nitrogens with one attached hydrogen (secondary N) is 1. The number of likely N-dealkylation sites (tertiary alicyclic amines) is 1. The fourth-order valence-corrected chi connectivity index (χ4v) is 4.02. The Bertz CT molecular complexity index is 391. The van der Waals surface area contributed by atoms with Gasteiger partial charge in [0.05, 0.1) is 0 Å². The average Bonchev–Trinajstić information content (AvgIpc) is 2.94. The van der Waals surface area contributed by atoms with Gasteiger partial charge in [-0.1, -0.05) is 13.8 Å². The third-order valence-corrected chi connectivity index (χ3v) is 5.20. The van der Waals surface area contributed by atoms with Gasteiger partial charge in [-0.3, -0.25) is 4.90 Å². The van der Waals surface area contributed by atoms with Crippen LogP contribution in [0.15, 0.2) is 6.07 Å². The number of aryl methyl sites for hydroxylation is 2. The summed E-state index contributed by atoms with van der Waals surface area (Å²) in [6, 6.07) is 3.02. The fourth-order valence-electron chi connectivity index (χ4n) is 3.07. The van der Waals surface area contributed by atoms with Crippen LogP contribution < -0.4 is 5.32 Å². The largest absolute Gasteiger partial charge is 0.311 e. The lowest BCUT2D eigenvalue weighted by Gasteiger charge is -2.31. The number of hydrogen-bond acceptors (Lipinski definition) is 3. The quantitative estimate of drug-likeness (QED) is 0.857. The summed E-state index contributed by atoms with van der Waals surface area (Å²) in [6.07, 6.45) is 2.76. The minimum atomic E-state index is 0.697. The molecule has 2 heterocycles. The van der Waals surface area contributed by atoms with Crippen molar-refractivity contribution < 1.29 is 0 Å². The van der Waals surface area contributed by atoms with Gasteiger partial charge in [0.15, 0.2) is 0 Å². The van der Waals surface area contributed by atoms with Gasteiger partial charge in [-0.05, 0) is 57.3 Å². The van der Waals surface area contributed by atoms with Gasteiger partial charge >= 0.3 is 0 Å². The molecule has 2 rings (SSSR count). The molecule has 3 heteroatoms. The van der Waals surface area contributed by atoms with E-state index in [2.05, 4.69) is 44.0 Å². The van der Waals surface area contributed by atoms with Gasteiger partial charge in [-0.2, -0.15) is 0 Å². The summed E-state index contributed by atoms with van der Waals surface area (Å²) in [5, 5.41) is 3.68. The molecule has 0 radical (unpaired) electrons. The van der Waals surface area contributed by atoms with Gasteiger partial charge in [0.2, 0.25) is 0 Å². The van der Waals surface area contributed by atoms with Crippen molar-refractivity contribution in [2.75, 3.05) is 19.6 Å². The highest BCUT2D eigenvalue weighted by Gasteiger charge is 2.24. The van der Waals surface area contributed by atoms with Crippen LogP contribution in [0.3, 0.4) is 0 Å². The van der Waals surface area contributed by atoms with E-state index >= 15 is 0 Å². The zero-order chi connectivity index (χ0) is 13.8. The maximum Gasteiger partial charge on any atom is 0.0243 e. The molecular formula is C16H28N2S. The summed E-state index contributed by atoms with van der Waals surface area (Å²) in [5.74, 6) is 0.732. The van der Waals surface area contributed by atoms with Crippen LogP contribution in [0.5, 0.6) is 0 Å². The standard InChI is InChI=1S/C16H28N2S/c1-12(2)16(18-7-5-6-8-18)11-17-10-15-9-13(3)19-14(15)4/h9,12,16-17H,5-8,10-11H2,1-4H3. The molecule has 2 nitrogen and oxygen atoms in total. The van der Waals surface area contributed by atoms with Crippen LogP contribution in [0.25, 0.3) is 0 Å². The number of nitrogens with zero attached hydrogens (tertiary/aromatic N) is 1. The number of thiophene rings is 1. The number of rotatable bonds is 6. The monoisotopic (exact) mass is 280 g/mol. The Hall–Kier alpha value is -0.380. The Morgan fingerprint density at radius 3 is 2.47 bits per heavy atom. The van der Waals surface area contributed by atoms with Crippen molar-refractivity contribution in [3.8, 4) is 0 Å². The summed E-state index contributed by atoms with van der Waals surface area (Å²) in [6.45, 7) is 13.9. The first kappa shape index (κ1) is 15.0. The number of hydrogen-bond donors (Lipinski definition) is 1. The van der Waals surface area contributed by atoms with E-state index in [9.17, 15) is 0 Å². The predicted octanol–water partition coefficient (Wildman–Crippen LogP) is 3.57.